The molecule has 1 aliphatic rings. The maximum atomic E-state index is 13.2. The number of aromatic nitrogens is 1. The van der Waals surface area contributed by atoms with Gasteiger partial charge in [0.05, 0.1) is 5.69 Å². The second-order valence-corrected chi connectivity index (χ2v) is 4.45. The van der Waals surface area contributed by atoms with Crippen molar-refractivity contribution in [1.29, 1.82) is 0 Å². The van der Waals surface area contributed by atoms with Crippen molar-refractivity contribution in [3.63, 3.8) is 0 Å². The SMILES string of the molecule is NCC(F)c1nc2c(s1)CCCC2. The molecule has 4 heteroatoms. The third-order valence-electron chi connectivity index (χ3n) is 2.34. The molecule has 2 rings (SSSR count). The van der Waals surface area contributed by atoms with Gasteiger partial charge in [0.25, 0.3) is 0 Å². The number of rotatable bonds is 2. The summed E-state index contributed by atoms with van der Waals surface area (Å²) in [5.74, 6) is 0. The predicted molar refractivity (Wildman–Crippen MR) is 51.7 cm³/mol. The van der Waals surface area contributed by atoms with Gasteiger partial charge in [-0.3, -0.25) is 0 Å². The van der Waals surface area contributed by atoms with E-state index in [1.807, 2.05) is 0 Å². The number of thiazole rings is 1. The Morgan fingerprint density at radius 1 is 1.46 bits per heavy atom. The molecule has 72 valence electrons. The molecular formula is C9H13FN2S. The fourth-order valence-electron chi connectivity index (χ4n) is 1.61. The molecule has 0 radical (unpaired) electrons. The first kappa shape index (κ1) is 9.09. The van der Waals surface area contributed by atoms with Crippen molar-refractivity contribution in [3.8, 4) is 0 Å². The summed E-state index contributed by atoms with van der Waals surface area (Å²) in [5.41, 5.74) is 6.37. The van der Waals surface area contributed by atoms with E-state index >= 15 is 0 Å². The van der Waals surface area contributed by atoms with Crippen molar-refractivity contribution < 1.29 is 4.39 Å². The van der Waals surface area contributed by atoms with Crippen molar-refractivity contribution in [2.75, 3.05) is 6.54 Å². The summed E-state index contributed by atoms with van der Waals surface area (Å²) in [5, 5.41) is 0.578. The molecule has 1 aromatic heterocycles. The highest BCUT2D eigenvalue weighted by molar-refractivity contribution is 7.11. The fraction of sp³-hybridized carbons (Fsp3) is 0.667. The molecule has 0 bridgehead atoms. The zero-order valence-corrected chi connectivity index (χ0v) is 8.24. The van der Waals surface area contributed by atoms with E-state index in [2.05, 4.69) is 4.98 Å². The molecule has 1 atom stereocenters. The first-order valence-corrected chi connectivity index (χ1v) is 5.45. The summed E-state index contributed by atoms with van der Waals surface area (Å²) in [7, 11) is 0. The standard InChI is InChI=1S/C9H13FN2S/c10-6(5-11)9-12-7-3-1-2-4-8(7)13-9/h6H,1-5,11H2. The summed E-state index contributed by atoms with van der Waals surface area (Å²) >= 11 is 1.50. The third kappa shape index (κ3) is 1.74. The van der Waals surface area contributed by atoms with Gasteiger partial charge in [0.2, 0.25) is 0 Å². The molecule has 0 aromatic carbocycles. The molecule has 1 aliphatic carbocycles. The molecule has 0 saturated heterocycles. The molecule has 1 aromatic rings. The monoisotopic (exact) mass is 200 g/mol. The van der Waals surface area contributed by atoms with Gasteiger partial charge < -0.3 is 5.73 Å². The number of nitrogens with two attached hydrogens (primary N) is 1. The average Bonchev–Trinajstić information content (AvgIpc) is 2.59. The summed E-state index contributed by atoms with van der Waals surface area (Å²) in [6.45, 7) is 0.0480. The molecular weight excluding hydrogens is 187 g/mol. The van der Waals surface area contributed by atoms with Crippen molar-refractivity contribution in [2.45, 2.75) is 31.9 Å². The Hall–Kier alpha value is -0.480. The van der Waals surface area contributed by atoms with Gasteiger partial charge in [-0.05, 0) is 25.7 Å². The van der Waals surface area contributed by atoms with Crippen LogP contribution in [0.1, 0.15) is 34.6 Å². The molecule has 0 amide bonds. The van der Waals surface area contributed by atoms with Crippen LogP contribution in [0.5, 0.6) is 0 Å². The topological polar surface area (TPSA) is 38.9 Å². The molecule has 0 aliphatic heterocycles. The smallest absolute Gasteiger partial charge is 0.164 e. The number of hydrogen-bond acceptors (Lipinski definition) is 3. The number of alkyl halides is 1. The first-order chi connectivity index (χ1) is 6.31. The normalized spacial score (nSPS) is 18.3. The lowest BCUT2D eigenvalue weighted by Gasteiger charge is -2.06. The number of halogens is 1. The zero-order chi connectivity index (χ0) is 9.26. The molecule has 13 heavy (non-hydrogen) atoms. The van der Waals surface area contributed by atoms with Gasteiger partial charge in [0.1, 0.15) is 5.01 Å². The van der Waals surface area contributed by atoms with E-state index in [1.165, 1.54) is 29.1 Å². The Labute approximate surface area is 81.0 Å². The van der Waals surface area contributed by atoms with Crippen molar-refractivity contribution in [2.24, 2.45) is 5.73 Å². The van der Waals surface area contributed by atoms with Crippen LogP contribution in [0.15, 0.2) is 0 Å². The zero-order valence-electron chi connectivity index (χ0n) is 7.42. The second kappa shape index (κ2) is 3.72. The Balaban J connectivity index is 2.25. The van der Waals surface area contributed by atoms with Gasteiger partial charge in [-0.25, -0.2) is 9.37 Å². The van der Waals surface area contributed by atoms with Crippen LogP contribution in [0.4, 0.5) is 4.39 Å². The van der Waals surface area contributed by atoms with Crippen LogP contribution in [0, 0.1) is 0 Å². The Morgan fingerprint density at radius 3 is 2.92 bits per heavy atom. The number of aryl methyl sites for hydroxylation is 2. The Morgan fingerprint density at radius 2 is 2.23 bits per heavy atom. The Kier molecular flexibility index (Phi) is 2.60. The van der Waals surface area contributed by atoms with Crippen LogP contribution in [0.25, 0.3) is 0 Å². The maximum absolute atomic E-state index is 13.2. The summed E-state index contributed by atoms with van der Waals surface area (Å²) in [4.78, 5) is 5.56. The summed E-state index contributed by atoms with van der Waals surface area (Å²) in [6, 6.07) is 0. The van der Waals surface area contributed by atoms with Gasteiger partial charge in [-0.1, -0.05) is 0 Å². The molecule has 2 N–H and O–H groups in total. The minimum absolute atomic E-state index is 0.0480. The van der Waals surface area contributed by atoms with Crippen LogP contribution in [0.2, 0.25) is 0 Å². The molecule has 1 unspecified atom stereocenters. The third-order valence-corrected chi connectivity index (χ3v) is 3.58. The van der Waals surface area contributed by atoms with E-state index in [9.17, 15) is 4.39 Å². The quantitative estimate of drug-likeness (QED) is 0.793. The molecule has 0 saturated carbocycles. The highest BCUT2D eigenvalue weighted by Gasteiger charge is 2.19. The largest absolute Gasteiger partial charge is 0.327 e. The minimum atomic E-state index is -1.06. The minimum Gasteiger partial charge on any atom is -0.327 e. The highest BCUT2D eigenvalue weighted by atomic mass is 32.1. The lowest BCUT2D eigenvalue weighted by molar-refractivity contribution is 0.351. The second-order valence-electron chi connectivity index (χ2n) is 3.33. The molecule has 0 spiro atoms. The van der Waals surface area contributed by atoms with Crippen molar-refractivity contribution in [3.05, 3.63) is 15.6 Å². The fourth-order valence-corrected chi connectivity index (χ4v) is 2.75. The summed E-state index contributed by atoms with van der Waals surface area (Å²) in [6.07, 6.45) is 3.44. The van der Waals surface area contributed by atoms with Crippen LogP contribution in [-0.4, -0.2) is 11.5 Å². The number of nitrogens with zero attached hydrogens (tertiary/aromatic N) is 1. The van der Waals surface area contributed by atoms with Crippen LogP contribution < -0.4 is 5.73 Å². The van der Waals surface area contributed by atoms with Gasteiger partial charge in [-0.15, -0.1) is 11.3 Å². The summed E-state index contributed by atoms with van der Waals surface area (Å²) < 4.78 is 13.2. The molecule has 2 nitrogen and oxygen atoms in total. The van der Waals surface area contributed by atoms with E-state index in [1.54, 1.807) is 0 Å². The van der Waals surface area contributed by atoms with Crippen molar-refractivity contribution >= 4 is 11.3 Å². The Bertz CT molecular complexity index is 274. The molecule has 0 fully saturated rings. The van der Waals surface area contributed by atoms with Gasteiger partial charge in [-0.2, -0.15) is 0 Å². The number of fused-ring (bicyclic) bond motifs is 1. The van der Waals surface area contributed by atoms with E-state index < -0.39 is 6.17 Å². The van der Waals surface area contributed by atoms with E-state index in [0.717, 1.165) is 18.5 Å². The predicted octanol–water partition coefficient (Wildman–Crippen LogP) is 1.99. The number of hydrogen-bond donors (Lipinski definition) is 1. The van der Waals surface area contributed by atoms with Crippen LogP contribution in [0.3, 0.4) is 0 Å². The molecule has 1 heterocycles. The lowest BCUT2D eigenvalue weighted by atomic mass is 10.0. The van der Waals surface area contributed by atoms with Gasteiger partial charge >= 0.3 is 0 Å². The van der Waals surface area contributed by atoms with E-state index in [0.29, 0.717) is 5.01 Å². The van der Waals surface area contributed by atoms with Crippen LogP contribution >= 0.6 is 11.3 Å². The first-order valence-electron chi connectivity index (χ1n) is 4.64. The highest BCUT2D eigenvalue weighted by Crippen LogP contribution is 2.30. The van der Waals surface area contributed by atoms with Gasteiger partial charge in [0, 0.05) is 11.4 Å². The van der Waals surface area contributed by atoms with Crippen LogP contribution in [-0.2, 0) is 12.8 Å². The van der Waals surface area contributed by atoms with Gasteiger partial charge in [0.15, 0.2) is 6.17 Å². The lowest BCUT2D eigenvalue weighted by Crippen LogP contribution is -2.07. The van der Waals surface area contributed by atoms with E-state index in [-0.39, 0.29) is 6.54 Å². The maximum Gasteiger partial charge on any atom is 0.164 e. The average molecular weight is 200 g/mol. The van der Waals surface area contributed by atoms with Crippen molar-refractivity contribution in [1.82, 2.24) is 4.98 Å². The van der Waals surface area contributed by atoms with E-state index in [4.69, 9.17) is 5.73 Å².